The number of benzene rings is 1. The average molecular weight is 422 g/mol. The van der Waals surface area contributed by atoms with Gasteiger partial charge < -0.3 is 15.4 Å². The van der Waals surface area contributed by atoms with Crippen molar-refractivity contribution in [2.75, 3.05) is 39.4 Å². The molecule has 2 aliphatic heterocycles. The van der Waals surface area contributed by atoms with Crippen LogP contribution >= 0.6 is 12.4 Å². The van der Waals surface area contributed by atoms with Crippen molar-refractivity contribution >= 4 is 28.3 Å². The fourth-order valence-corrected chi connectivity index (χ4v) is 4.83. The Labute approximate surface area is 165 Å². The van der Waals surface area contributed by atoms with Crippen molar-refractivity contribution in [3.63, 3.8) is 0 Å². The molecule has 7 nitrogen and oxygen atoms in total. The second-order valence-corrected chi connectivity index (χ2v) is 8.71. The lowest BCUT2D eigenvalue weighted by Gasteiger charge is -2.36. The molecule has 0 saturated carbocycles. The maximum absolute atomic E-state index is 13.1. The molecule has 2 heterocycles. The zero-order chi connectivity index (χ0) is 18.8. The molecule has 1 aromatic carbocycles. The van der Waals surface area contributed by atoms with Crippen LogP contribution in [0.25, 0.3) is 0 Å². The maximum atomic E-state index is 13.1. The molecule has 3 rings (SSSR count). The molecule has 152 valence electrons. The minimum Gasteiger partial charge on any atom is -0.381 e. The number of sulfonamides is 1. The quantitative estimate of drug-likeness (QED) is 0.785. The minimum atomic E-state index is -3.71. The van der Waals surface area contributed by atoms with Gasteiger partial charge in [0.1, 0.15) is 5.82 Å². The van der Waals surface area contributed by atoms with E-state index >= 15 is 0 Å². The molecule has 0 radical (unpaired) electrons. The van der Waals surface area contributed by atoms with Gasteiger partial charge in [0.05, 0.1) is 10.4 Å². The first-order valence-electron chi connectivity index (χ1n) is 8.75. The first kappa shape index (κ1) is 22.0. The Hall–Kier alpha value is -1.26. The van der Waals surface area contributed by atoms with E-state index in [9.17, 15) is 17.6 Å². The van der Waals surface area contributed by atoms with E-state index in [1.54, 1.807) is 4.90 Å². The number of hydrogen-bond donors (Lipinski definition) is 1. The van der Waals surface area contributed by atoms with Crippen molar-refractivity contribution in [2.24, 2.45) is 5.73 Å². The molecule has 1 aromatic rings. The molecular weight excluding hydrogens is 397 g/mol. The van der Waals surface area contributed by atoms with Crippen molar-refractivity contribution in [1.82, 2.24) is 9.21 Å². The lowest BCUT2D eigenvalue weighted by molar-refractivity contribution is -0.140. The third-order valence-corrected chi connectivity index (χ3v) is 6.92. The number of carbonyl (C=O) groups excluding carboxylic acids is 1. The van der Waals surface area contributed by atoms with Gasteiger partial charge in [-0.3, -0.25) is 4.79 Å². The highest BCUT2D eigenvalue weighted by atomic mass is 35.5. The van der Waals surface area contributed by atoms with Gasteiger partial charge in [-0.05, 0) is 43.5 Å². The van der Waals surface area contributed by atoms with E-state index in [1.807, 2.05) is 0 Å². The number of nitrogens with zero attached hydrogens (tertiary/aromatic N) is 2. The van der Waals surface area contributed by atoms with Gasteiger partial charge in [0.15, 0.2) is 0 Å². The first-order valence-corrected chi connectivity index (χ1v) is 10.2. The molecular formula is C17H25ClFN3O4S. The van der Waals surface area contributed by atoms with E-state index in [1.165, 1.54) is 16.4 Å². The van der Waals surface area contributed by atoms with E-state index in [4.69, 9.17) is 10.5 Å². The van der Waals surface area contributed by atoms with Gasteiger partial charge in [-0.25, -0.2) is 12.8 Å². The van der Waals surface area contributed by atoms with E-state index in [2.05, 4.69) is 0 Å². The first-order chi connectivity index (χ1) is 12.3. The summed E-state index contributed by atoms with van der Waals surface area (Å²) in [4.78, 5) is 14.5. The largest absolute Gasteiger partial charge is 0.381 e. The van der Waals surface area contributed by atoms with Gasteiger partial charge in [0.2, 0.25) is 15.9 Å². The Bertz CT molecular complexity index is 754. The fraction of sp³-hybridized carbons (Fsp3) is 0.588. The molecule has 1 amide bonds. The van der Waals surface area contributed by atoms with Crippen LogP contribution < -0.4 is 5.73 Å². The van der Waals surface area contributed by atoms with E-state index < -0.39 is 21.4 Å². The van der Waals surface area contributed by atoms with Crippen LogP contribution in [-0.4, -0.2) is 68.5 Å². The molecule has 0 atom stereocenters. The Morgan fingerprint density at radius 1 is 1.07 bits per heavy atom. The van der Waals surface area contributed by atoms with Gasteiger partial charge in [0, 0.05) is 39.4 Å². The number of rotatable bonds is 3. The Morgan fingerprint density at radius 2 is 1.70 bits per heavy atom. The maximum Gasteiger partial charge on any atom is 0.243 e. The van der Waals surface area contributed by atoms with Crippen LogP contribution in [0.5, 0.6) is 0 Å². The molecule has 2 fully saturated rings. The molecule has 0 unspecified atom stereocenters. The summed E-state index contributed by atoms with van der Waals surface area (Å²) in [6.45, 7) is 2.18. The lowest BCUT2D eigenvalue weighted by atomic mass is 9.89. The Balaban J connectivity index is 0.00000261. The smallest absolute Gasteiger partial charge is 0.243 e. The van der Waals surface area contributed by atoms with Crippen LogP contribution in [0.1, 0.15) is 19.3 Å². The topological polar surface area (TPSA) is 92.9 Å². The third kappa shape index (κ3) is 4.78. The van der Waals surface area contributed by atoms with E-state index in [0.717, 1.165) is 12.1 Å². The van der Waals surface area contributed by atoms with Gasteiger partial charge in [0.25, 0.3) is 0 Å². The highest BCUT2D eigenvalue weighted by Gasteiger charge is 2.40. The van der Waals surface area contributed by atoms with Crippen LogP contribution in [0, 0.1) is 5.82 Å². The summed E-state index contributed by atoms with van der Waals surface area (Å²) < 4.78 is 45.2. The summed E-state index contributed by atoms with van der Waals surface area (Å²) in [5, 5.41) is 0. The van der Waals surface area contributed by atoms with Crippen molar-refractivity contribution in [2.45, 2.75) is 29.7 Å². The summed E-state index contributed by atoms with van der Waals surface area (Å²) in [7, 11) is -3.71. The predicted molar refractivity (Wildman–Crippen MR) is 101 cm³/mol. The number of ether oxygens (including phenoxy) is 1. The second kappa shape index (κ2) is 8.83. The normalized spacial score (nSPS) is 21.2. The number of hydrogen-bond acceptors (Lipinski definition) is 5. The predicted octanol–water partition coefficient (Wildman–Crippen LogP) is 0.978. The van der Waals surface area contributed by atoms with Crippen LogP contribution in [0.2, 0.25) is 0 Å². The SMILES string of the molecule is Cl.NC1(C(=O)N2CCCN(S(=O)(=O)c3ccc(F)cc3)CC2)CCOCC1. The molecule has 2 saturated heterocycles. The zero-order valence-corrected chi connectivity index (χ0v) is 16.6. The molecule has 0 aromatic heterocycles. The highest BCUT2D eigenvalue weighted by molar-refractivity contribution is 7.89. The average Bonchev–Trinajstić information content (AvgIpc) is 2.88. The van der Waals surface area contributed by atoms with Crippen molar-refractivity contribution in [3.05, 3.63) is 30.1 Å². The third-order valence-electron chi connectivity index (χ3n) is 5.00. The molecule has 0 aliphatic carbocycles. The standard InChI is InChI=1S/C17H24FN3O4S.ClH/c18-14-2-4-15(5-3-14)26(23,24)21-9-1-8-20(10-11-21)16(22)17(19)6-12-25-13-7-17;/h2-5H,1,6-13,19H2;1H. The van der Waals surface area contributed by atoms with Crippen molar-refractivity contribution in [3.8, 4) is 0 Å². The van der Waals surface area contributed by atoms with Gasteiger partial charge in [-0.2, -0.15) is 4.31 Å². The molecule has 10 heteroatoms. The van der Waals surface area contributed by atoms with Gasteiger partial charge in [-0.1, -0.05) is 0 Å². The van der Waals surface area contributed by atoms with Crippen LogP contribution in [0.4, 0.5) is 4.39 Å². The number of amides is 1. The molecule has 2 N–H and O–H groups in total. The van der Waals surface area contributed by atoms with Crippen LogP contribution in [0.15, 0.2) is 29.2 Å². The summed E-state index contributed by atoms with van der Waals surface area (Å²) >= 11 is 0. The molecule has 0 spiro atoms. The zero-order valence-electron chi connectivity index (χ0n) is 15.0. The van der Waals surface area contributed by atoms with Crippen LogP contribution in [-0.2, 0) is 19.6 Å². The number of nitrogens with two attached hydrogens (primary N) is 1. The van der Waals surface area contributed by atoms with E-state index in [-0.39, 0.29) is 29.8 Å². The second-order valence-electron chi connectivity index (χ2n) is 6.77. The minimum absolute atomic E-state index is 0. The highest BCUT2D eigenvalue weighted by Crippen LogP contribution is 2.23. The van der Waals surface area contributed by atoms with E-state index in [0.29, 0.717) is 52.1 Å². The Kier molecular flexibility index (Phi) is 7.20. The van der Waals surface area contributed by atoms with Gasteiger partial charge in [-0.15, -0.1) is 12.4 Å². The summed E-state index contributed by atoms with van der Waals surface area (Å²) in [6.07, 6.45) is 1.47. The fourth-order valence-electron chi connectivity index (χ4n) is 3.36. The van der Waals surface area contributed by atoms with Crippen molar-refractivity contribution < 1.29 is 22.3 Å². The van der Waals surface area contributed by atoms with Crippen molar-refractivity contribution in [1.29, 1.82) is 0 Å². The monoisotopic (exact) mass is 421 g/mol. The van der Waals surface area contributed by atoms with Gasteiger partial charge >= 0.3 is 0 Å². The summed E-state index contributed by atoms with van der Waals surface area (Å²) in [5.74, 6) is -0.622. The van der Waals surface area contributed by atoms with Crippen LogP contribution in [0.3, 0.4) is 0 Å². The molecule has 2 aliphatic rings. The number of halogens is 2. The number of carbonyl (C=O) groups is 1. The summed E-state index contributed by atoms with van der Waals surface area (Å²) in [5.41, 5.74) is 5.34. The molecule has 0 bridgehead atoms. The Morgan fingerprint density at radius 3 is 2.33 bits per heavy atom. The molecule has 27 heavy (non-hydrogen) atoms. The summed E-state index contributed by atoms with van der Waals surface area (Å²) in [6, 6.07) is 4.78. The lowest BCUT2D eigenvalue weighted by Crippen LogP contribution is -2.58.